The van der Waals surface area contributed by atoms with E-state index in [1.165, 1.54) is 5.56 Å². The van der Waals surface area contributed by atoms with Crippen molar-refractivity contribution in [1.29, 1.82) is 0 Å². The molecule has 0 amide bonds. The zero-order valence-electron chi connectivity index (χ0n) is 15.0. The van der Waals surface area contributed by atoms with E-state index in [-0.39, 0.29) is 0 Å². The normalized spacial score (nSPS) is 10.9. The number of rotatable bonds is 5. The zero-order valence-corrected chi connectivity index (χ0v) is 16.5. The van der Waals surface area contributed by atoms with Gasteiger partial charge in [0.05, 0.1) is 10.2 Å². The van der Waals surface area contributed by atoms with E-state index in [9.17, 15) is 0 Å². The first-order valence-electron chi connectivity index (χ1n) is 8.62. The Bertz CT molecular complexity index is 1110. The van der Waals surface area contributed by atoms with Gasteiger partial charge in [0.25, 0.3) is 0 Å². The average Bonchev–Trinajstić information content (AvgIpc) is 3.03. The van der Waals surface area contributed by atoms with E-state index < -0.39 is 0 Å². The third-order valence-corrected chi connectivity index (χ3v) is 5.33. The van der Waals surface area contributed by atoms with Gasteiger partial charge >= 0.3 is 0 Å². The molecule has 0 unspecified atom stereocenters. The van der Waals surface area contributed by atoms with Gasteiger partial charge in [0.1, 0.15) is 12.1 Å². The fraction of sp³-hybridized carbons (Fsp3) is 0.150. The van der Waals surface area contributed by atoms with Crippen LogP contribution in [-0.4, -0.2) is 15.0 Å². The molecule has 0 saturated heterocycles. The van der Waals surface area contributed by atoms with Gasteiger partial charge in [-0.1, -0.05) is 35.9 Å². The maximum atomic E-state index is 6.08. The summed E-state index contributed by atoms with van der Waals surface area (Å²) in [7, 11) is 0. The van der Waals surface area contributed by atoms with Crippen molar-refractivity contribution in [2.24, 2.45) is 0 Å². The molecule has 0 aliphatic heterocycles. The molecular formula is C20H18ClN5S. The van der Waals surface area contributed by atoms with E-state index in [0.717, 1.165) is 49.7 Å². The Morgan fingerprint density at radius 2 is 1.93 bits per heavy atom. The van der Waals surface area contributed by atoms with Gasteiger partial charge in [-0.25, -0.2) is 15.0 Å². The first-order chi connectivity index (χ1) is 13.1. The molecule has 4 aromatic rings. The molecule has 0 aliphatic rings. The Morgan fingerprint density at radius 1 is 1.04 bits per heavy atom. The van der Waals surface area contributed by atoms with Crippen molar-refractivity contribution < 1.29 is 0 Å². The Labute approximate surface area is 166 Å². The number of hydrogen-bond acceptors (Lipinski definition) is 6. The summed E-state index contributed by atoms with van der Waals surface area (Å²) in [6.45, 7) is 4.08. The van der Waals surface area contributed by atoms with E-state index in [2.05, 4.69) is 50.7 Å². The van der Waals surface area contributed by atoms with Gasteiger partial charge in [-0.15, -0.1) is 0 Å². The number of benzene rings is 2. The lowest BCUT2D eigenvalue weighted by molar-refractivity contribution is 1.10. The van der Waals surface area contributed by atoms with E-state index in [0.29, 0.717) is 0 Å². The average molecular weight is 396 g/mol. The highest BCUT2D eigenvalue weighted by atomic mass is 35.5. The highest BCUT2D eigenvalue weighted by Gasteiger charge is 2.09. The molecule has 2 aromatic heterocycles. The van der Waals surface area contributed by atoms with Gasteiger partial charge in [0.15, 0.2) is 5.13 Å². The van der Waals surface area contributed by atoms with Gasteiger partial charge in [-0.3, -0.25) is 0 Å². The molecule has 0 spiro atoms. The number of halogens is 1. The third-order valence-electron chi connectivity index (χ3n) is 4.16. The molecule has 4 rings (SSSR count). The van der Waals surface area contributed by atoms with Crippen molar-refractivity contribution in [3.05, 3.63) is 65.1 Å². The summed E-state index contributed by atoms with van der Waals surface area (Å²) < 4.78 is 1.06. The van der Waals surface area contributed by atoms with Gasteiger partial charge in [0, 0.05) is 28.2 Å². The molecule has 2 aromatic carbocycles. The number of aromatic nitrogens is 3. The lowest BCUT2D eigenvalue weighted by atomic mass is 10.1. The fourth-order valence-electron chi connectivity index (χ4n) is 2.82. The molecule has 2 heterocycles. The predicted molar refractivity (Wildman–Crippen MR) is 114 cm³/mol. The van der Waals surface area contributed by atoms with Crippen LogP contribution in [0.15, 0.2) is 48.8 Å². The number of thiazole rings is 1. The minimum atomic E-state index is 0.721. The summed E-state index contributed by atoms with van der Waals surface area (Å²) in [6.07, 6.45) is 2.48. The van der Waals surface area contributed by atoms with E-state index in [4.69, 9.17) is 11.6 Å². The van der Waals surface area contributed by atoms with Gasteiger partial charge < -0.3 is 10.6 Å². The number of hydrogen-bond donors (Lipinski definition) is 2. The van der Waals surface area contributed by atoms with Crippen molar-refractivity contribution >= 4 is 55.5 Å². The molecular weight excluding hydrogens is 378 g/mol. The van der Waals surface area contributed by atoms with Crippen LogP contribution in [0.5, 0.6) is 0 Å². The molecule has 2 N–H and O–H groups in total. The summed E-state index contributed by atoms with van der Waals surface area (Å²) in [5, 5.41) is 8.36. The standard InChI is InChI=1S/C20H18ClN5S/c1-3-13-4-6-15(24-19-8-12(2)22-11-23-19)10-17(13)26-20-25-16-7-5-14(21)9-18(16)27-20/h4-11H,3H2,1-2H3,(H,25,26)(H,22,23,24). The highest BCUT2D eigenvalue weighted by molar-refractivity contribution is 7.22. The Kier molecular flexibility index (Phi) is 4.92. The number of nitrogens with one attached hydrogen (secondary N) is 2. The molecule has 0 aliphatic carbocycles. The summed E-state index contributed by atoms with van der Waals surface area (Å²) in [5.41, 5.74) is 5.06. The molecule has 0 saturated carbocycles. The van der Waals surface area contributed by atoms with Crippen molar-refractivity contribution in [2.75, 3.05) is 10.6 Å². The Hall–Kier alpha value is -2.70. The minimum Gasteiger partial charge on any atom is -0.340 e. The predicted octanol–water partition coefficient (Wildman–Crippen LogP) is 6.10. The van der Waals surface area contributed by atoms with Crippen LogP contribution in [0.4, 0.5) is 22.3 Å². The summed E-state index contributed by atoms with van der Waals surface area (Å²) in [4.78, 5) is 13.0. The van der Waals surface area contributed by atoms with Crippen LogP contribution in [0.1, 0.15) is 18.2 Å². The molecule has 136 valence electrons. The van der Waals surface area contributed by atoms with Crippen molar-refractivity contribution in [3.8, 4) is 0 Å². The number of aryl methyl sites for hydroxylation is 2. The first kappa shape index (κ1) is 17.7. The minimum absolute atomic E-state index is 0.721. The van der Waals surface area contributed by atoms with Crippen LogP contribution in [0.25, 0.3) is 10.2 Å². The Morgan fingerprint density at radius 3 is 2.74 bits per heavy atom. The topological polar surface area (TPSA) is 62.7 Å². The van der Waals surface area contributed by atoms with Crippen LogP contribution < -0.4 is 10.6 Å². The fourth-order valence-corrected chi connectivity index (χ4v) is 3.97. The van der Waals surface area contributed by atoms with Crippen LogP contribution in [0, 0.1) is 6.92 Å². The summed E-state index contributed by atoms with van der Waals surface area (Å²) in [5.74, 6) is 0.771. The van der Waals surface area contributed by atoms with Crippen LogP contribution in [-0.2, 0) is 6.42 Å². The summed E-state index contributed by atoms with van der Waals surface area (Å²) in [6, 6.07) is 13.9. The molecule has 0 atom stereocenters. The van der Waals surface area contributed by atoms with Gasteiger partial charge in [-0.2, -0.15) is 0 Å². The monoisotopic (exact) mass is 395 g/mol. The summed E-state index contributed by atoms with van der Waals surface area (Å²) >= 11 is 7.67. The maximum absolute atomic E-state index is 6.08. The molecule has 7 heteroatoms. The Balaban J connectivity index is 1.63. The second-order valence-electron chi connectivity index (χ2n) is 6.15. The first-order valence-corrected chi connectivity index (χ1v) is 9.82. The van der Waals surface area contributed by atoms with Crippen molar-refractivity contribution in [2.45, 2.75) is 20.3 Å². The second-order valence-corrected chi connectivity index (χ2v) is 7.62. The third kappa shape index (κ3) is 4.02. The zero-order chi connectivity index (χ0) is 18.8. The van der Waals surface area contributed by atoms with E-state index >= 15 is 0 Å². The lowest BCUT2D eigenvalue weighted by Crippen LogP contribution is -1.99. The van der Waals surface area contributed by atoms with Crippen LogP contribution >= 0.6 is 22.9 Å². The van der Waals surface area contributed by atoms with Gasteiger partial charge in [0.2, 0.25) is 0 Å². The molecule has 0 radical (unpaired) electrons. The lowest BCUT2D eigenvalue weighted by Gasteiger charge is -2.12. The van der Waals surface area contributed by atoms with Crippen LogP contribution in [0.2, 0.25) is 5.02 Å². The maximum Gasteiger partial charge on any atom is 0.188 e. The largest absolute Gasteiger partial charge is 0.340 e. The SMILES string of the molecule is CCc1ccc(Nc2cc(C)ncn2)cc1Nc1nc2ccc(Cl)cc2s1. The number of fused-ring (bicyclic) bond motifs is 1. The highest BCUT2D eigenvalue weighted by Crippen LogP contribution is 2.32. The van der Waals surface area contributed by atoms with Crippen LogP contribution in [0.3, 0.4) is 0 Å². The van der Waals surface area contributed by atoms with E-state index in [1.54, 1.807) is 17.7 Å². The second kappa shape index (κ2) is 7.50. The molecule has 27 heavy (non-hydrogen) atoms. The van der Waals surface area contributed by atoms with Gasteiger partial charge in [-0.05, 0) is 49.2 Å². The quantitative estimate of drug-likeness (QED) is 0.427. The smallest absolute Gasteiger partial charge is 0.188 e. The molecule has 0 bridgehead atoms. The van der Waals surface area contributed by atoms with E-state index in [1.807, 2.05) is 31.2 Å². The number of anilines is 4. The molecule has 5 nitrogen and oxygen atoms in total. The van der Waals surface area contributed by atoms with Crippen molar-refractivity contribution in [1.82, 2.24) is 15.0 Å². The van der Waals surface area contributed by atoms with Crippen molar-refractivity contribution in [3.63, 3.8) is 0 Å². The number of nitrogens with zero attached hydrogens (tertiary/aromatic N) is 3. The molecule has 0 fully saturated rings.